The second kappa shape index (κ2) is 6.99. The Balaban J connectivity index is 1.72. The van der Waals surface area contributed by atoms with E-state index in [0.29, 0.717) is 30.3 Å². The molecule has 2 aromatic carbocycles. The number of hydrogen-bond donors (Lipinski definition) is 2. The molecule has 0 bridgehead atoms. The van der Waals surface area contributed by atoms with Crippen molar-refractivity contribution in [3.8, 4) is 6.07 Å². The van der Waals surface area contributed by atoms with Gasteiger partial charge in [0.2, 0.25) is 0 Å². The maximum atomic E-state index is 9.43. The summed E-state index contributed by atoms with van der Waals surface area (Å²) in [6.07, 6.45) is 1.65. The van der Waals surface area contributed by atoms with Crippen molar-refractivity contribution in [1.29, 1.82) is 5.26 Å². The van der Waals surface area contributed by atoms with E-state index in [1.54, 1.807) is 0 Å². The van der Waals surface area contributed by atoms with Gasteiger partial charge in [-0.1, -0.05) is 29.8 Å². The van der Waals surface area contributed by atoms with Crippen molar-refractivity contribution >= 4 is 28.8 Å². The lowest BCUT2D eigenvalue weighted by Gasteiger charge is -2.44. The SMILES string of the molecule is N#Cc1cccc2c1NC(=NCc1cccc(Cl)c1)C1(CCOCC1)N2. The number of benzene rings is 2. The number of para-hydroxylation sites is 1. The normalized spacial score (nSPS) is 19.3. The molecule has 0 unspecified atom stereocenters. The Bertz CT molecular complexity index is 897. The van der Waals surface area contributed by atoms with Crippen LogP contribution < -0.4 is 10.6 Å². The van der Waals surface area contributed by atoms with Crippen molar-refractivity contribution in [1.82, 2.24) is 0 Å². The van der Waals surface area contributed by atoms with Crippen LogP contribution in [0.3, 0.4) is 0 Å². The Kier molecular flexibility index (Phi) is 4.54. The minimum absolute atomic E-state index is 0.294. The molecule has 26 heavy (non-hydrogen) atoms. The van der Waals surface area contributed by atoms with Gasteiger partial charge in [-0.25, -0.2) is 0 Å². The highest BCUT2D eigenvalue weighted by atomic mass is 35.5. The van der Waals surface area contributed by atoms with Crippen LogP contribution in [0.15, 0.2) is 47.5 Å². The second-order valence-corrected chi connectivity index (χ2v) is 7.02. The van der Waals surface area contributed by atoms with Crippen LogP contribution in [0.2, 0.25) is 5.02 Å². The van der Waals surface area contributed by atoms with E-state index in [-0.39, 0.29) is 5.54 Å². The van der Waals surface area contributed by atoms with E-state index in [2.05, 4.69) is 16.7 Å². The average Bonchev–Trinajstić information content (AvgIpc) is 2.66. The molecule has 1 fully saturated rings. The van der Waals surface area contributed by atoms with E-state index in [1.165, 1.54) is 0 Å². The fraction of sp³-hybridized carbons (Fsp3) is 0.300. The number of rotatable bonds is 2. The van der Waals surface area contributed by atoms with Crippen molar-refractivity contribution in [3.05, 3.63) is 58.6 Å². The Morgan fingerprint density at radius 1 is 1.19 bits per heavy atom. The van der Waals surface area contributed by atoms with E-state index < -0.39 is 0 Å². The van der Waals surface area contributed by atoms with Gasteiger partial charge in [-0.05, 0) is 29.8 Å². The third-order valence-electron chi connectivity index (χ3n) is 4.91. The predicted octanol–water partition coefficient (Wildman–Crippen LogP) is 4.20. The molecule has 0 saturated carbocycles. The number of nitrogens with zero attached hydrogens (tertiary/aromatic N) is 2. The molecule has 0 aliphatic carbocycles. The highest BCUT2D eigenvalue weighted by Gasteiger charge is 2.41. The van der Waals surface area contributed by atoms with Crippen LogP contribution >= 0.6 is 11.6 Å². The standard InChI is InChI=1S/C20H19ClN4O/c21-16-5-1-3-14(11-16)13-23-19-20(7-9-26-10-8-20)25-17-6-2-4-15(12-22)18(17)24-19/h1-6,11,25H,7-10,13H2,(H,23,24). The van der Waals surface area contributed by atoms with Gasteiger partial charge in [-0.3, -0.25) is 4.99 Å². The molecule has 2 aliphatic rings. The number of amidine groups is 1. The fourth-order valence-corrected chi connectivity index (χ4v) is 3.73. The number of ether oxygens (including phenoxy) is 1. The maximum Gasteiger partial charge on any atom is 0.127 e. The Labute approximate surface area is 157 Å². The smallest absolute Gasteiger partial charge is 0.127 e. The summed E-state index contributed by atoms with van der Waals surface area (Å²) in [7, 11) is 0. The number of hydrogen-bond acceptors (Lipinski definition) is 4. The molecule has 6 heteroatoms. The number of fused-ring (bicyclic) bond motifs is 1. The van der Waals surface area contributed by atoms with Crippen LogP contribution in [0.4, 0.5) is 11.4 Å². The summed E-state index contributed by atoms with van der Waals surface area (Å²) in [5.41, 5.74) is 3.09. The fourth-order valence-electron chi connectivity index (χ4n) is 3.52. The highest BCUT2D eigenvalue weighted by molar-refractivity contribution is 6.30. The number of nitriles is 1. The quantitative estimate of drug-likeness (QED) is 0.835. The van der Waals surface area contributed by atoms with E-state index in [0.717, 1.165) is 35.6 Å². The van der Waals surface area contributed by atoms with Crippen molar-refractivity contribution in [2.45, 2.75) is 24.9 Å². The van der Waals surface area contributed by atoms with Gasteiger partial charge < -0.3 is 15.4 Å². The zero-order chi connectivity index (χ0) is 18.0. The molecule has 5 nitrogen and oxygen atoms in total. The van der Waals surface area contributed by atoms with Crippen molar-refractivity contribution in [2.24, 2.45) is 4.99 Å². The molecular formula is C20H19ClN4O. The molecule has 0 aromatic heterocycles. The van der Waals surface area contributed by atoms with Crippen LogP contribution in [-0.2, 0) is 11.3 Å². The van der Waals surface area contributed by atoms with E-state index in [9.17, 15) is 5.26 Å². The molecule has 1 spiro atoms. The first-order chi connectivity index (χ1) is 12.7. The molecular weight excluding hydrogens is 348 g/mol. The molecule has 4 rings (SSSR count). The van der Waals surface area contributed by atoms with E-state index >= 15 is 0 Å². The lowest BCUT2D eigenvalue weighted by molar-refractivity contribution is 0.0778. The van der Waals surface area contributed by atoms with Gasteiger partial charge in [0.05, 0.1) is 29.0 Å². The summed E-state index contributed by atoms with van der Waals surface area (Å²) < 4.78 is 5.56. The van der Waals surface area contributed by atoms with Gasteiger partial charge in [0.1, 0.15) is 11.9 Å². The van der Waals surface area contributed by atoms with Gasteiger partial charge in [0, 0.05) is 31.1 Å². The number of aliphatic imine (C=N–C) groups is 1. The van der Waals surface area contributed by atoms with Crippen LogP contribution in [0.5, 0.6) is 0 Å². The molecule has 2 aromatic rings. The van der Waals surface area contributed by atoms with Gasteiger partial charge in [0.15, 0.2) is 0 Å². The lowest BCUT2D eigenvalue weighted by atomic mass is 9.85. The first kappa shape index (κ1) is 16.9. The van der Waals surface area contributed by atoms with E-state index in [4.69, 9.17) is 21.3 Å². The molecule has 2 N–H and O–H groups in total. The molecule has 0 amide bonds. The number of nitrogens with one attached hydrogen (secondary N) is 2. The summed E-state index contributed by atoms with van der Waals surface area (Å²) in [4.78, 5) is 4.87. The third-order valence-corrected chi connectivity index (χ3v) is 5.15. The van der Waals surface area contributed by atoms with Gasteiger partial charge in [-0.15, -0.1) is 0 Å². The zero-order valence-electron chi connectivity index (χ0n) is 14.3. The van der Waals surface area contributed by atoms with Gasteiger partial charge in [-0.2, -0.15) is 5.26 Å². The molecule has 132 valence electrons. The minimum Gasteiger partial charge on any atom is -0.381 e. The number of halogens is 1. The first-order valence-corrected chi connectivity index (χ1v) is 9.03. The Morgan fingerprint density at radius 2 is 2.00 bits per heavy atom. The summed E-state index contributed by atoms with van der Waals surface area (Å²) >= 11 is 6.09. The zero-order valence-corrected chi connectivity index (χ0v) is 15.0. The van der Waals surface area contributed by atoms with E-state index in [1.807, 2.05) is 42.5 Å². The predicted molar refractivity (Wildman–Crippen MR) is 104 cm³/mol. The van der Waals surface area contributed by atoms with Gasteiger partial charge >= 0.3 is 0 Å². The summed E-state index contributed by atoms with van der Waals surface area (Å²) in [6, 6.07) is 15.7. The first-order valence-electron chi connectivity index (χ1n) is 8.66. The van der Waals surface area contributed by atoms with Crippen molar-refractivity contribution in [3.63, 3.8) is 0 Å². The second-order valence-electron chi connectivity index (χ2n) is 6.58. The monoisotopic (exact) mass is 366 g/mol. The molecule has 1 saturated heterocycles. The summed E-state index contributed by atoms with van der Waals surface area (Å²) in [6.45, 7) is 1.88. The van der Waals surface area contributed by atoms with Crippen LogP contribution in [0, 0.1) is 11.3 Å². The summed E-state index contributed by atoms with van der Waals surface area (Å²) in [5.74, 6) is 0.857. The maximum absolute atomic E-state index is 9.43. The highest BCUT2D eigenvalue weighted by Crippen LogP contribution is 2.38. The van der Waals surface area contributed by atoms with Crippen LogP contribution in [0.1, 0.15) is 24.0 Å². The molecule has 0 radical (unpaired) electrons. The lowest BCUT2D eigenvalue weighted by Crippen LogP contribution is -2.55. The van der Waals surface area contributed by atoms with Crippen molar-refractivity contribution in [2.75, 3.05) is 23.8 Å². The Hall–Kier alpha value is -2.55. The van der Waals surface area contributed by atoms with Crippen molar-refractivity contribution < 1.29 is 4.74 Å². The topological polar surface area (TPSA) is 69.4 Å². The molecule has 2 heterocycles. The third kappa shape index (κ3) is 3.14. The largest absolute Gasteiger partial charge is 0.381 e. The number of anilines is 2. The minimum atomic E-state index is -0.294. The van der Waals surface area contributed by atoms with Crippen LogP contribution in [-0.4, -0.2) is 24.6 Å². The molecule has 2 aliphatic heterocycles. The van der Waals surface area contributed by atoms with Crippen LogP contribution in [0.25, 0.3) is 0 Å². The summed E-state index contributed by atoms with van der Waals surface area (Å²) in [5, 5.41) is 17.2. The molecule has 0 atom stereocenters. The average molecular weight is 367 g/mol. The Morgan fingerprint density at radius 3 is 2.77 bits per heavy atom. The van der Waals surface area contributed by atoms with Gasteiger partial charge in [0.25, 0.3) is 0 Å².